The highest BCUT2D eigenvalue weighted by atomic mass is 16.3. The van der Waals surface area contributed by atoms with E-state index in [4.69, 9.17) is 4.42 Å². The van der Waals surface area contributed by atoms with Gasteiger partial charge in [0.2, 0.25) is 0 Å². The lowest BCUT2D eigenvalue weighted by atomic mass is 9.46. The number of fused-ring (bicyclic) bond motifs is 5. The Labute approximate surface area is 132 Å². The zero-order valence-electron chi connectivity index (χ0n) is 13.6. The summed E-state index contributed by atoms with van der Waals surface area (Å²) in [5.74, 6) is 2.92. The van der Waals surface area contributed by atoms with Gasteiger partial charge in [-0.1, -0.05) is 13.0 Å². The third kappa shape index (κ3) is 1.45. The van der Waals surface area contributed by atoms with E-state index in [1.165, 1.54) is 37.7 Å². The first-order valence-electron chi connectivity index (χ1n) is 8.94. The molecule has 3 fully saturated rings. The van der Waals surface area contributed by atoms with Crippen molar-refractivity contribution in [3.63, 3.8) is 0 Å². The normalized spacial score (nSPS) is 52.0. The molecular weight excluding hydrogens is 272 g/mol. The summed E-state index contributed by atoms with van der Waals surface area (Å²) in [7, 11) is 0. The zero-order chi connectivity index (χ0) is 15.2. The summed E-state index contributed by atoms with van der Waals surface area (Å²) in [5.41, 5.74) is 1.60. The maximum Gasteiger partial charge on any atom is 0.129 e. The second kappa shape index (κ2) is 3.90. The van der Waals surface area contributed by atoms with Gasteiger partial charge in [-0.15, -0.1) is 0 Å². The minimum Gasteiger partial charge on any atom is -0.465 e. The second-order valence-electron chi connectivity index (χ2n) is 8.96. The number of hydrogen-bond donors (Lipinski definition) is 1. The van der Waals surface area contributed by atoms with Gasteiger partial charge in [0.1, 0.15) is 5.76 Å². The second-order valence-corrected chi connectivity index (χ2v) is 8.96. The lowest BCUT2D eigenvalue weighted by molar-refractivity contribution is -0.0347. The molecular formula is C20H26O2. The Kier molecular flexibility index (Phi) is 2.38. The monoisotopic (exact) mass is 298 g/mol. The highest BCUT2D eigenvalue weighted by Crippen LogP contribution is 2.71. The number of furan rings is 1. The van der Waals surface area contributed by atoms with Gasteiger partial charge in [0.05, 0.1) is 11.9 Å². The first-order valence-corrected chi connectivity index (χ1v) is 8.94. The smallest absolute Gasteiger partial charge is 0.129 e. The summed E-state index contributed by atoms with van der Waals surface area (Å²) in [6.07, 6.45) is 13.8. The van der Waals surface area contributed by atoms with Gasteiger partial charge in [-0.3, -0.25) is 0 Å². The molecule has 0 radical (unpaired) electrons. The van der Waals surface area contributed by atoms with Crippen molar-refractivity contribution in [1.82, 2.24) is 0 Å². The third-order valence-corrected chi connectivity index (χ3v) is 7.91. The van der Waals surface area contributed by atoms with Gasteiger partial charge in [0, 0.05) is 5.56 Å². The molecule has 22 heavy (non-hydrogen) atoms. The first kappa shape index (κ1) is 13.4. The van der Waals surface area contributed by atoms with Crippen molar-refractivity contribution < 1.29 is 9.52 Å². The van der Waals surface area contributed by atoms with Crippen LogP contribution in [0.1, 0.15) is 69.6 Å². The summed E-state index contributed by atoms with van der Waals surface area (Å²) in [5, 5.41) is 10.9. The van der Waals surface area contributed by atoms with Crippen molar-refractivity contribution in [1.29, 1.82) is 0 Å². The standard InChI is InChI=1S/C20H26O2/c1-18-8-6-16-14(7-10-22-16)15(18)5-9-20-11-13(3-4-17(18)20)19(2,21)12-20/h6-8,10,13,15,17,21H,3-5,9,11-12H2,1-2H3/t13?,15?,17?,18-,19?,20+/m1/s1. The molecule has 1 heterocycles. The average molecular weight is 298 g/mol. The summed E-state index contributed by atoms with van der Waals surface area (Å²) >= 11 is 0. The topological polar surface area (TPSA) is 33.4 Å². The third-order valence-electron chi connectivity index (χ3n) is 7.91. The predicted octanol–water partition coefficient (Wildman–Crippen LogP) is 4.75. The van der Waals surface area contributed by atoms with Crippen molar-refractivity contribution in [2.45, 2.75) is 63.9 Å². The molecule has 4 unspecified atom stereocenters. The van der Waals surface area contributed by atoms with E-state index in [0.29, 0.717) is 23.2 Å². The Bertz CT molecular complexity index is 654. The SMILES string of the molecule is CC1(O)C[C@@]23CCC4c5ccoc5C=C[C@@]4(C)C2CCC1C3. The van der Waals surface area contributed by atoms with E-state index in [2.05, 4.69) is 32.1 Å². The van der Waals surface area contributed by atoms with Crippen LogP contribution in [-0.4, -0.2) is 10.7 Å². The molecule has 1 N–H and O–H groups in total. The molecule has 1 aromatic rings. The maximum absolute atomic E-state index is 10.9. The maximum atomic E-state index is 10.9. The molecule has 5 rings (SSSR count). The average Bonchev–Trinajstić information content (AvgIpc) is 3.00. The molecule has 1 aromatic heterocycles. The largest absolute Gasteiger partial charge is 0.465 e. The quantitative estimate of drug-likeness (QED) is 0.750. The van der Waals surface area contributed by atoms with Crippen LogP contribution in [0.2, 0.25) is 0 Å². The van der Waals surface area contributed by atoms with E-state index >= 15 is 0 Å². The van der Waals surface area contributed by atoms with Gasteiger partial charge in [0.15, 0.2) is 0 Å². The minimum absolute atomic E-state index is 0.237. The van der Waals surface area contributed by atoms with Gasteiger partial charge in [-0.05, 0) is 86.2 Å². The van der Waals surface area contributed by atoms with Crippen LogP contribution in [0.15, 0.2) is 22.8 Å². The molecule has 3 saturated carbocycles. The van der Waals surface area contributed by atoms with E-state index in [1.54, 1.807) is 0 Å². The van der Waals surface area contributed by atoms with Gasteiger partial charge < -0.3 is 9.52 Å². The highest BCUT2D eigenvalue weighted by molar-refractivity contribution is 5.55. The van der Waals surface area contributed by atoms with E-state index in [0.717, 1.165) is 12.2 Å². The van der Waals surface area contributed by atoms with Crippen molar-refractivity contribution >= 4 is 6.08 Å². The summed E-state index contributed by atoms with van der Waals surface area (Å²) in [6.45, 7) is 4.57. The highest BCUT2D eigenvalue weighted by Gasteiger charge is 2.64. The Balaban J connectivity index is 1.61. The minimum atomic E-state index is -0.433. The zero-order valence-corrected chi connectivity index (χ0v) is 13.6. The summed E-state index contributed by atoms with van der Waals surface area (Å²) < 4.78 is 5.65. The summed E-state index contributed by atoms with van der Waals surface area (Å²) in [4.78, 5) is 0. The Hall–Kier alpha value is -1.02. The van der Waals surface area contributed by atoms with Crippen LogP contribution >= 0.6 is 0 Å². The van der Waals surface area contributed by atoms with E-state index in [1.807, 2.05) is 6.26 Å². The molecule has 118 valence electrons. The fourth-order valence-corrected chi connectivity index (χ4v) is 7.05. The molecule has 4 aliphatic carbocycles. The molecule has 0 saturated heterocycles. The fourth-order valence-electron chi connectivity index (χ4n) is 7.05. The number of hydrogen-bond acceptors (Lipinski definition) is 2. The van der Waals surface area contributed by atoms with E-state index in [9.17, 15) is 5.11 Å². The van der Waals surface area contributed by atoms with Crippen molar-refractivity contribution in [2.24, 2.45) is 22.7 Å². The number of allylic oxidation sites excluding steroid dienone is 1. The Morgan fingerprint density at radius 3 is 2.95 bits per heavy atom. The molecule has 2 heteroatoms. The lowest BCUT2D eigenvalue weighted by Gasteiger charge is -2.58. The van der Waals surface area contributed by atoms with Gasteiger partial charge >= 0.3 is 0 Å². The molecule has 4 aliphatic rings. The summed E-state index contributed by atoms with van der Waals surface area (Å²) in [6, 6.07) is 2.19. The van der Waals surface area contributed by atoms with Crippen LogP contribution in [0, 0.1) is 22.7 Å². The molecule has 0 amide bonds. The van der Waals surface area contributed by atoms with Crippen LogP contribution in [0.3, 0.4) is 0 Å². The van der Waals surface area contributed by atoms with Crippen molar-refractivity contribution in [3.05, 3.63) is 29.7 Å². The first-order chi connectivity index (χ1) is 10.4. The van der Waals surface area contributed by atoms with Crippen LogP contribution in [0.4, 0.5) is 0 Å². The fraction of sp³-hybridized carbons (Fsp3) is 0.700. The molecule has 2 nitrogen and oxygen atoms in total. The number of aliphatic hydroxyl groups is 1. The Morgan fingerprint density at radius 1 is 1.23 bits per heavy atom. The van der Waals surface area contributed by atoms with Crippen LogP contribution in [0.25, 0.3) is 6.08 Å². The molecule has 6 atom stereocenters. The van der Waals surface area contributed by atoms with Crippen molar-refractivity contribution in [2.75, 3.05) is 0 Å². The molecule has 0 aromatic carbocycles. The van der Waals surface area contributed by atoms with Crippen molar-refractivity contribution in [3.8, 4) is 0 Å². The van der Waals surface area contributed by atoms with Gasteiger partial charge in [-0.25, -0.2) is 0 Å². The van der Waals surface area contributed by atoms with Gasteiger partial charge in [-0.2, -0.15) is 0 Å². The van der Waals surface area contributed by atoms with E-state index < -0.39 is 5.60 Å². The van der Waals surface area contributed by atoms with Crippen LogP contribution in [-0.2, 0) is 0 Å². The lowest BCUT2D eigenvalue weighted by Crippen LogP contribution is -2.49. The molecule has 2 bridgehead atoms. The Morgan fingerprint density at radius 2 is 2.09 bits per heavy atom. The predicted molar refractivity (Wildman–Crippen MR) is 86.3 cm³/mol. The molecule has 0 aliphatic heterocycles. The number of rotatable bonds is 0. The van der Waals surface area contributed by atoms with Crippen LogP contribution < -0.4 is 0 Å². The molecule has 1 spiro atoms. The van der Waals surface area contributed by atoms with E-state index in [-0.39, 0.29) is 5.41 Å². The van der Waals surface area contributed by atoms with Crippen LogP contribution in [0.5, 0.6) is 0 Å². The van der Waals surface area contributed by atoms with Gasteiger partial charge in [0.25, 0.3) is 0 Å².